The Hall–Kier alpha value is -2.31. The van der Waals surface area contributed by atoms with Crippen molar-refractivity contribution in [1.82, 2.24) is 5.32 Å². The molecular weight excluding hydrogens is 367 g/mol. The van der Waals surface area contributed by atoms with Gasteiger partial charge in [-0.1, -0.05) is 29.3 Å². The molecule has 0 aliphatic rings. The van der Waals surface area contributed by atoms with E-state index >= 15 is 0 Å². The first-order valence-corrected chi connectivity index (χ1v) is 8.26. The second-order valence-electron chi connectivity index (χ2n) is 5.24. The van der Waals surface area contributed by atoms with E-state index in [-0.39, 0.29) is 23.0 Å². The molecule has 0 fully saturated rings. The topological polar surface area (TPSA) is 81.5 Å². The molecule has 2 aromatic carbocycles. The first kappa shape index (κ1) is 19.0. The van der Waals surface area contributed by atoms with Gasteiger partial charge in [0.05, 0.1) is 27.6 Å². The third-order valence-electron chi connectivity index (χ3n) is 3.51. The maximum absolute atomic E-state index is 12.4. The van der Waals surface area contributed by atoms with Crippen LogP contribution in [0.4, 0.5) is 5.69 Å². The summed E-state index contributed by atoms with van der Waals surface area (Å²) in [5.41, 5.74) is 0.682. The van der Waals surface area contributed by atoms with Gasteiger partial charge in [0.25, 0.3) is 5.91 Å². The van der Waals surface area contributed by atoms with E-state index < -0.39 is 10.8 Å². The molecule has 6 nitrogen and oxygen atoms in total. The molecule has 0 spiro atoms. The van der Waals surface area contributed by atoms with E-state index in [4.69, 9.17) is 27.9 Å². The van der Waals surface area contributed by atoms with E-state index in [0.717, 1.165) is 5.56 Å². The molecular formula is C17H16Cl2N2O4. The minimum atomic E-state index is -0.579. The normalized spacial score (nSPS) is 11.7. The number of nitro benzene ring substituents is 1. The number of hydrogen-bond acceptors (Lipinski definition) is 4. The van der Waals surface area contributed by atoms with E-state index in [0.29, 0.717) is 16.7 Å². The van der Waals surface area contributed by atoms with Crippen LogP contribution in [0.1, 0.15) is 35.8 Å². The summed E-state index contributed by atoms with van der Waals surface area (Å²) in [5.74, 6) is -0.314. The average Bonchev–Trinajstić information content (AvgIpc) is 2.57. The average molecular weight is 383 g/mol. The van der Waals surface area contributed by atoms with Crippen LogP contribution in [0.5, 0.6) is 5.75 Å². The summed E-state index contributed by atoms with van der Waals surface area (Å²) < 4.78 is 5.21. The number of benzene rings is 2. The summed E-state index contributed by atoms with van der Waals surface area (Å²) in [6.45, 7) is 3.80. The van der Waals surface area contributed by atoms with Crippen molar-refractivity contribution in [2.24, 2.45) is 0 Å². The van der Waals surface area contributed by atoms with Crippen LogP contribution >= 0.6 is 23.2 Å². The number of carbonyl (C=O) groups is 1. The molecule has 2 rings (SSSR count). The van der Waals surface area contributed by atoms with Crippen LogP contribution in [0, 0.1) is 10.1 Å². The summed E-state index contributed by atoms with van der Waals surface area (Å²) in [4.78, 5) is 23.0. The van der Waals surface area contributed by atoms with Crippen LogP contribution < -0.4 is 10.1 Å². The Morgan fingerprint density at radius 1 is 1.24 bits per heavy atom. The van der Waals surface area contributed by atoms with Crippen molar-refractivity contribution < 1.29 is 14.5 Å². The molecule has 25 heavy (non-hydrogen) atoms. The molecule has 0 saturated carbocycles. The number of halogens is 2. The minimum absolute atomic E-state index is 0.126. The Balaban J connectivity index is 2.21. The van der Waals surface area contributed by atoms with Crippen LogP contribution in [-0.4, -0.2) is 17.4 Å². The summed E-state index contributed by atoms with van der Waals surface area (Å²) in [5, 5.41) is 14.7. The molecule has 1 unspecified atom stereocenters. The number of nitrogens with zero attached hydrogens (tertiary/aromatic N) is 1. The highest BCUT2D eigenvalue weighted by atomic mass is 35.5. The lowest BCUT2D eigenvalue weighted by atomic mass is 10.1. The van der Waals surface area contributed by atoms with Crippen molar-refractivity contribution in [2.75, 3.05) is 6.61 Å². The summed E-state index contributed by atoms with van der Waals surface area (Å²) in [6, 6.07) is 8.80. The Morgan fingerprint density at radius 2 is 1.96 bits per heavy atom. The molecule has 0 aromatic heterocycles. The molecule has 132 valence electrons. The standard InChI is InChI=1S/C17H16Cl2N2O4/c1-3-25-16-7-5-12(9-15(16)21(23)24)17(22)20-10(2)11-4-6-13(18)14(19)8-11/h4-10H,3H2,1-2H3,(H,20,22). The number of rotatable bonds is 6. The third kappa shape index (κ3) is 4.61. The highest BCUT2D eigenvalue weighted by Crippen LogP contribution is 2.29. The number of carbonyl (C=O) groups excluding carboxylic acids is 1. The Bertz CT molecular complexity index is 811. The Morgan fingerprint density at radius 3 is 2.56 bits per heavy atom. The fourth-order valence-electron chi connectivity index (χ4n) is 2.22. The van der Waals surface area contributed by atoms with Gasteiger partial charge in [-0.25, -0.2) is 0 Å². The van der Waals surface area contributed by atoms with Crippen molar-refractivity contribution in [3.8, 4) is 5.75 Å². The van der Waals surface area contributed by atoms with Gasteiger partial charge in [-0.05, 0) is 43.7 Å². The van der Waals surface area contributed by atoms with Crippen LogP contribution in [0.25, 0.3) is 0 Å². The molecule has 0 radical (unpaired) electrons. The van der Waals surface area contributed by atoms with Gasteiger partial charge < -0.3 is 10.1 Å². The second kappa shape index (κ2) is 8.18. The molecule has 2 aromatic rings. The van der Waals surface area contributed by atoms with E-state index in [1.54, 1.807) is 32.0 Å². The van der Waals surface area contributed by atoms with Crippen molar-refractivity contribution in [2.45, 2.75) is 19.9 Å². The minimum Gasteiger partial charge on any atom is -0.487 e. The second-order valence-corrected chi connectivity index (χ2v) is 6.06. The van der Waals surface area contributed by atoms with Gasteiger partial charge >= 0.3 is 5.69 Å². The molecule has 1 atom stereocenters. The van der Waals surface area contributed by atoms with Gasteiger partial charge in [0.15, 0.2) is 5.75 Å². The number of nitro groups is 1. The monoisotopic (exact) mass is 382 g/mol. The van der Waals surface area contributed by atoms with Crippen LogP contribution in [0.2, 0.25) is 10.0 Å². The molecule has 0 aliphatic heterocycles. The smallest absolute Gasteiger partial charge is 0.311 e. The van der Waals surface area contributed by atoms with E-state index in [2.05, 4.69) is 5.32 Å². The van der Waals surface area contributed by atoms with E-state index in [9.17, 15) is 14.9 Å². The van der Waals surface area contributed by atoms with E-state index in [1.165, 1.54) is 18.2 Å². The number of nitrogens with one attached hydrogen (secondary N) is 1. The SMILES string of the molecule is CCOc1ccc(C(=O)NC(C)c2ccc(Cl)c(Cl)c2)cc1[N+](=O)[O-]. The molecule has 0 heterocycles. The largest absolute Gasteiger partial charge is 0.487 e. The van der Waals surface area contributed by atoms with Gasteiger partial charge in [-0.2, -0.15) is 0 Å². The summed E-state index contributed by atoms with van der Waals surface area (Å²) in [7, 11) is 0. The van der Waals surface area contributed by atoms with Crippen molar-refractivity contribution >= 4 is 34.8 Å². The van der Waals surface area contributed by atoms with Gasteiger partial charge in [0.1, 0.15) is 0 Å². The quantitative estimate of drug-likeness (QED) is 0.574. The lowest BCUT2D eigenvalue weighted by Gasteiger charge is -2.15. The van der Waals surface area contributed by atoms with Gasteiger partial charge in [-0.3, -0.25) is 14.9 Å². The highest BCUT2D eigenvalue weighted by molar-refractivity contribution is 6.42. The van der Waals surface area contributed by atoms with Gasteiger partial charge in [-0.15, -0.1) is 0 Å². The maximum atomic E-state index is 12.4. The Labute approximate surface area is 154 Å². The van der Waals surface area contributed by atoms with Crippen LogP contribution in [0.3, 0.4) is 0 Å². The van der Waals surface area contributed by atoms with Crippen LogP contribution in [0.15, 0.2) is 36.4 Å². The van der Waals surface area contributed by atoms with Crippen molar-refractivity contribution in [3.05, 3.63) is 67.7 Å². The lowest BCUT2D eigenvalue weighted by Crippen LogP contribution is -2.26. The lowest BCUT2D eigenvalue weighted by molar-refractivity contribution is -0.385. The molecule has 8 heteroatoms. The van der Waals surface area contributed by atoms with Crippen LogP contribution in [-0.2, 0) is 0 Å². The van der Waals surface area contributed by atoms with Crippen molar-refractivity contribution in [3.63, 3.8) is 0 Å². The zero-order valence-corrected chi connectivity index (χ0v) is 15.1. The fraction of sp³-hybridized carbons (Fsp3) is 0.235. The summed E-state index contributed by atoms with van der Waals surface area (Å²) in [6.07, 6.45) is 0. The molecule has 0 aliphatic carbocycles. The fourth-order valence-corrected chi connectivity index (χ4v) is 2.53. The predicted molar refractivity (Wildman–Crippen MR) is 96.6 cm³/mol. The highest BCUT2D eigenvalue weighted by Gasteiger charge is 2.20. The number of amides is 1. The number of ether oxygens (including phenoxy) is 1. The van der Waals surface area contributed by atoms with Crippen molar-refractivity contribution in [1.29, 1.82) is 0 Å². The molecule has 1 N–H and O–H groups in total. The Kier molecular flexibility index (Phi) is 6.22. The zero-order valence-electron chi connectivity index (χ0n) is 13.6. The van der Waals surface area contributed by atoms with Gasteiger partial charge in [0.2, 0.25) is 0 Å². The molecule has 1 amide bonds. The molecule has 0 saturated heterocycles. The third-order valence-corrected chi connectivity index (χ3v) is 4.25. The zero-order chi connectivity index (χ0) is 18.6. The predicted octanol–water partition coefficient (Wildman–Crippen LogP) is 4.79. The first-order valence-electron chi connectivity index (χ1n) is 7.50. The number of hydrogen-bond donors (Lipinski definition) is 1. The van der Waals surface area contributed by atoms with E-state index in [1.807, 2.05) is 0 Å². The van der Waals surface area contributed by atoms with Gasteiger partial charge in [0, 0.05) is 11.6 Å². The molecule has 0 bridgehead atoms. The first-order chi connectivity index (χ1) is 11.8. The summed E-state index contributed by atoms with van der Waals surface area (Å²) >= 11 is 11.9. The maximum Gasteiger partial charge on any atom is 0.311 e.